The molecule has 7 rings (SSSR count). The molecule has 0 fully saturated rings. The van der Waals surface area contributed by atoms with Crippen LogP contribution in [0.25, 0.3) is 11.3 Å². The molecule has 0 spiro atoms. The molecule has 5 heteroatoms. The number of hydroxylamine groups is 1. The number of allylic oxidation sites excluding steroid dienone is 7. The zero-order valence-corrected chi connectivity index (χ0v) is 29.2. The quantitative estimate of drug-likeness (QED) is 0.180. The van der Waals surface area contributed by atoms with E-state index in [1.807, 2.05) is 60.7 Å². The molecule has 3 aliphatic rings. The molecule has 1 aliphatic heterocycles. The fourth-order valence-corrected chi connectivity index (χ4v) is 6.39. The first-order chi connectivity index (χ1) is 22.2. The van der Waals surface area contributed by atoms with Crippen LogP contribution in [0.3, 0.4) is 0 Å². The van der Waals surface area contributed by atoms with E-state index in [9.17, 15) is 5.21 Å². The molecule has 4 aromatic rings. The molecular weight excluding hydrogens is 590 g/mol. The van der Waals surface area contributed by atoms with Crippen LogP contribution in [0.5, 0.6) is 0 Å². The molecule has 0 aromatic heterocycles. The number of hydrogen-bond acceptors (Lipinski definition) is 4. The fraction of sp³-hybridized carbons (Fsp3) is 0.146. The van der Waals surface area contributed by atoms with Gasteiger partial charge in [0.05, 0.1) is 17.8 Å². The molecule has 0 saturated heterocycles. The molecule has 0 amide bonds. The molecule has 2 aliphatic carbocycles. The van der Waals surface area contributed by atoms with E-state index < -0.39 is 6.04 Å². The summed E-state index contributed by atoms with van der Waals surface area (Å²) in [5.41, 5.74) is 8.15. The summed E-state index contributed by atoms with van der Waals surface area (Å²) in [6.07, 6.45) is 19.6. The summed E-state index contributed by atoms with van der Waals surface area (Å²) in [6.45, 7) is 0. The standard InChI is InChI=1S/C41H36N3O.K/c45-44(37-19-11-4-12-20-37)41-29-34(25-26-38(41)42-36-17-9-3-10-18-36)31-21-23-33(24-22-31)40-28-35(30-13-5-1-6-14-30)27-39(43-40)32-15-7-2-8-16-32;/h1-13,15-26,28-30,35,38,41-42H,14,27H2;/q-1;+1. The minimum Gasteiger partial charge on any atom is -0.758 e. The predicted octanol–water partition coefficient (Wildman–Crippen LogP) is 6.48. The van der Waals surface area contributed by atoms with Gasteiger partial charge in [0.25, 0.3) is 0 Å². The van der Waals surface area contributed by atoms with Gasteiger partial charge in [-0.15, -0.1) is 0 Å². The number of aliphatic imine (C=N–C) groups is 1. The zero-order chi connectivity index (χ0) is 30.4. The maximum Gasteiger partial charge on any atom is 1.00 e. The van der Waals surface area contributed by atoms with Crippen LogP contribution in [0.2, 0.25) is 0 Å². The Labute approximate surface area is 314 Å². The van der Waals surface area contributed by atoms with E-state index in [1.165, 1.54) is 5.56 Å². The van der Waals surface area contributed by atoms with Crippen LogP contribution in [-0.4, -0.2) is 17.8 Å². The summed E-state index contributed by atoms with van der Waals surface area (Å²) in [4.78, 5) is 5.18. The average Bonchev–Trinajstić information content (AvgIpc) is 3.13. The van der Waals surface area contributed by atoms with E-state index in [-0.39, 0.29) is 57.4 Å². The third kappa shape index (κ3) is 7.53. The van der Waals surface area contributed by atoms with Gasteiger partial charge in [0.1, 0.15) is 0 Å². The summed E-state index contributed by atoms with van der Waals surface area (Å²) < 4.78 is 0. The minimum absolute atomic E-state index is 0. The number of para-hydroxylation sites is 2. The van der Waals surface area contributed by atoms with Crippen LogP contribution in [0.4, 0.5) is 11.4 Å². The van der Waals surface area contributed by atoms with Crippen LogP contribution in [0, 0.1) is 17.0 Å². The first kappa shape index (κ1) is 32.4. The van der Waals surface area contributed by atoms with Gasteiger partial charge in [-0.05, 0) is 71.2 Å². The molecule has 1 heterocycles. The number of nitrogens with one attached hydrogen (secondary N) is 1. The van der Waals surface area contributed by atoms with Gasteiger partial charge in [0.15, 0.2) is 0 Å². The summed E-state index contributed by atoms with van der Waals surface area (Å²) in [7, 11) is 0. The van der Waals surface area contributed by atoms with E-state index in [1.54, 1.807) is 0 Å². The fourth-order valence-electron chi connectivity index (χ4n) is 6.39. The van der Waals surface area contributed by atoms with Crippen molar-refractivity contribution in [2.45, 2.75) is 24.9 Å². The number of rotatable bonds is 8. The Balaban J connectivity index is 0.00000372. The van der Waals surface area contributed by atoms with Gasteiger partial charge >= 0.3 is 51.4 Å². The second-order valence-electron chi connectivity index (χ2n) is 11.8. The van der Waals surface area contributed by atoms with Crippen molar-refractivity contribution in [2.75, 3.05) is 10.4 Å². The molecule has 222 valence electrons. The van der Waals surface area contributed by atoms with Crippen molar-refractivity contribution < 1.29 is 51.4 Å². The van der Waals surface area contributed by atoms with E-state index in [4.69, 9.17) is 4.99 Å². The molecule has 4 nitrogen and oxygen atoms in total. The van der Waals surface area contributed by atoms with Crippen molar-refractivity contribution in [1.82, 2.24) is 0 Å². The van der Waals surface area contributed by atoms with Crippen LogP contribution >= 0.6 is 0 Å². The van der Waals surface area contributed by atoms with E-state index in [0.29, 0.717) is 17.5 Å². The summed E-state index contributed by atoms with van der Waals surface area (Å²) in [5, 5.41) is 18.4. The van der Waals surface area contributed by atoms with Gasteiger partial charge in [-0.3, -0.25) is 4.99 Å². The largest absolute Gasteiger partial charge is 1.00 e. The minimum atomic E-state index is -0.426. The van der Waals surface area contributed by atoms with Crippen LogP contribution in [-0.2, 0) is 0 Å². The maximum atomic E-state index is 13.7. The molecule has 1 N–H and O–H groups in total. The van der Waals surface area contributed by atoms with Gasteiger partial charge in [0.2, 0.25) is 0 Å². The molecular formula is C41H36KN3O. The van der Waals surface area contributed by atoms with Crippen LogP contribution < -0.4 is 61.8 Å². The smallest absolute Gasteiger partial charge is 0.758 e. The molecule has 0 bridgehead atoms. The van der Waals surface area contributed by atoms with Gasteiger partial charge in [-0.1, -0.05) is 140 Å². The topological polar surface area (TPSA) is 50.7 Å². The third-order valence-electron chi connectivity index (χ3n) is 8.83. The second kappa shape index (κ2) is 15.4. The van der Waals surface area contributed by atoms with Crippen LogP contribution in [0.15, 0.2) is 169 Å². The molecule has 0 radical (unpaired) electrons. The summed E-state index contributed by atoms with van der Waals surface area (Å²) >= 11 is 0. The normalized spacial score (nSPS) is 21.8. The van der Waals surface area contributed by atoms with Crippen molar-refractivity contribution >= 4 is 28.4 Å². The molecule has 4 unspecified atom stereocenters. The Kier molecular flexibility index (Phi) is 10.8. The van der Waals surface area contributed by atoms with Crippen LogP contribution in [0.1, 0.15) is 29.5 Å². The molecule has 4 aromatic carbocycles. The van der Waals surface area contributed by atoms with Crippen molar-refractivity contribution in [3.8, 4) is 0 Å². The SMILES string of the molecule is [K+].[O-]N(c1ccccc1)C1C=C(c2ccc(C3=CC(C4C=CC=CC4)CC(c4ccccc4)=N3)cc2)C=CC1Nc1ccccc1. The number of hydrogen-bond donors (Lipinski definition) is 1. The van der Waals surface area contributed by atoms with Gasteiger partial charge in [-0.2, -0.15) is 0 Å². The Morgan fingerprint density at radius 1 is 0.674 bits per heavy atom. The Morgan fingerprint density at radius 3 is 2.04 bits per heavy atom. The monoisotopic (exact) mass is 625 g/mol. The zero-order valence-electron chi connectivity index (χ0n) is 26.1. The van der Waals surface area contributed by atoms with Gasteiger partial charge < -0.3 is 15.6 Å². The van der Waals surface area contributed by atoms with E-state index >= 15 is 0 Å². The Morgan fingerprint density at radius 2 is 1.35 bits per heavy atom. The first-order valence-corrected chi connectivity index (χ1v) is 15.7. The molecule has 46 heavy (non-hydrogen) atoms. The van der Waals surface area contributed by atoms with Crippen molar-refractivity contribution in [1.29, 1.82) is 0 Å². The van der Waals surface area contributed by atoms with Gasteiger partial charge in [-0.25, -0.2) is 0 Å². The summed E-state index contributed by atoms with van der Waals surface area (Å²) in [6, 6.07) is 38.1. The second-order valence-corrected chi connectivity index (χ2v) is 11.8. The van der Waals surface area contributed by atoms with Gasteiger partial charge in [0, 0.05) is 17.1 Å². The van der Waals surface area contributed by atoms with Crippen molar-refractivity contribution in [3.05, 3.63) is 186 Å². The maximum absolute atomic E-state index is 13.7. The average molecular weight is 626 g/mol. The Bertz CT molecular complexity index is 1790. The third-order valence-corrected chi connectivity index (χ3v) is 8.83. The summed E-state index contributed by atoms with van der Waals surface area (Å²) in [5.74, 6) is 0.846. The van der Waals surface area contributed by atoms with E-state index in [0.717, 1.165) is 51.7 Å². The molecule has 4 atom stereocenters. The first-order valence-electron chi connectivity index (χ1n) is 15.7. The van der Waals surface area contributed by atoms with Crippen molar-refractivity contribution in [3.63, 3.8) is 0 Å². The molecule has 0 saturated carbocycles. The Hall–Kier alpha value is -3.55. The number of benzene rings is 4. The van der Waals surface area contributed by atoms with E-state index in [2.05, 4.69) is 109 Å². The number of nitrogens with zero attached hydrogens (tertiary/aromatic N) is 2. The predicted molar refractivity (Wildman–Crippen MR) is 189 cm³/mol. The van der Waals surface area contributed by atoms with Crippen molar-refractivity contribution in [2.24, 2.45) is 16.8 Å². The number of anilines is 2.